The molecule has 0 heterocycles. The predicted molar refractivity (Wildman–Crippen MR) is 92.7 cm³/mol. The Labute approximate surface area is 144 Å². The van der Waals surface area contributed by atoms with Crippen molar-refractivity contribution in [2.24, 2.45) is 0 Å². The summed E-state index contributed by atoms with van der Waals surface area (Å²) < 4.78 is 24.4. The van der Waals surface area contributed by atoms with Gasteiger partial charge in [-0.3, -0.25) is 25.8 Å². The highest BCUT2D eigenvalue weighted by atomic mass is 32.2. The molecule has 0 saturated carbocycles. The van der Waals surface area contributed by atoms with Gasteiger partial charge in [0, 0.05) is 12.5 Å². The fourth-order valence-corrected chi connectivity index (χ4v) is 3.27. The molecule has 132 valence electrons. The molecule has 9 heteroatoms. The highest BCUT2D eigenvalue weighted by Crippen LogP contribution is 2.22. The van der Waals surface area contributed by atoms with E-state index in [4.69, 9.17) is 0 Å². The Balaban J connectivity index is 1.93. The normalized spacial score (nSPS) is 10.9. The molecule has 0 radical (unpaired) electrons. The number of nitrogens with one attached hydrogen (secondary N) is 2. The van der Waals surface area contributed by atoms with Crippen LogP contribution in [-0.2, 0) is 14.6 Å². The first kappa shape index (κ1) is 18.4. The Hall–Kier alpha value is -2.94. The van der Waals surface area contributed by atoms with Gasteiger partial charge in [0.05, 0.1) is 15.6 Å². The minimum atomic E-state index is -3.57. The van der Waals surface area contributed by atoms with Crippen molar-refractivity contribution in [2.75, 3.05) is 11.2 Å². The van der Waals surface area contributed by atoms with Gasteiger partial charge in [-0.2, -0.15) is 0 Å². The van der Waals surface area contributed by atoms with Crippen LogP contribution >= 0.6 is 0 Å². The number of para-hydroxylation sites is 2. The van der Waals surface area contributed by atoms with Gasteiger partial charge in [0.2, 0.25) is 5.91 Å². The standard InChI is InChI=1S/C16H17N3O5S/c1-12-6-8-13(9-7-12)25(23,24)11-10-16(20)18-17-14-4-2-3-5-15(14)19(21)22/h2-9,17H,10-11H2,1H3,(H,18,20). The summed E-state index contributed by atoms with van der Waals surface area (Å²) in [6.45, 7) is 1.85. The fourth-order valence-electron chi connectivity index (χ4n) is 2.03. The predicted octanol–water partition coefficient (Wildman–Crippen LogP) is 2.21. The summed E-state index contributed by atoms with van der Waals surface area (Å²) in [4.78, 5) is 22.3. The monoisotopic (exact) mass is 363 g/mol. The van der Waals surface area contributed by atoms with Crippen molar-refractivity contribution in [3.8, 4) is 0 Å². The second-order valence-electron chi connectivity index (χ2n) is 5.33. The van der Waals surface area contributed by atoms with E-state index in [1.54, 1.807) is 18.2 Å². The van der Waals surface area contributed by atoms with Gasteiger partial charge in [-0.05, 0) is 25.1 Å². The first-order valence-electron chi connectivity index (χ1n) is 7.37. The Kier molecular flexibility index (Phi) is 5.71. The lowest BCUT2D eigenvalue weighted by Crippen LogP contribution is -2.31. The smallest absolute Gasteiger partial charge is 0.292 e. The lowest BCUT2D eigenvalue weighted by Gasteiger charge is -2.09. The van der Waals surface area contributed by atoms with Crippen LogP contribution < -0.4 is 10.9 Å². The maximum Gasteiger partial charge on any atom is 0.294 e. The van der Waals surface area contributed by atoms with Gasteiger partial charge in [-0.15, -0.1) is 0 Å². The summed E-state index contributed by atoms with van der Waals surface area (Å²) in [5.41, 5.74) is 5.56. The van der Waals surface area contributed by atoms with Crippen molar-refractivity contribution in [1.29, 1.82) is 0 Å². The third-order valence-electron chi connectivity index (χ3n) is 3.42. The van der Waals surface area contributed by atoms with Gasteiger partial charge in [-0.1, -0.05) is 29.8 Å². The van der Waals surface area contributed by atoms with E-state index in [0.717, 1.165) is 5.56 Å². The maximum absolute atomic E-state index is 12.2. The third kappa shape index (κ3) is 5.01. The van der Waals surface area contributed by atoms with E-state index in [1.807, 2.05) is 6.92 Å². The Bertz CT molecular complexity index is 879. The van der Waals surface area contributed by atoms with Crippen LogP contribution in [0.2, 0.25) is 0 Å². The topological polar surface area (TPSA) is 118 Å². The lowest BCUT2D eigenvalue weighted by molar-refractivity contribution is -0.384. The number of benzene rings is 2. The second-order valence-corrected chi connectivity index (χ2v) is 7.44. The maximum atomic E-state index is 12.2. The van der Waals surface area contributed by atoms with Crippen LogP contribution in [0.3, 0.4) is 0 Å². The minimum Gasteiger partial charge on any atom is -0.292 e. The Morgan fingerprint density at radius 3 is 2.40 bits per heavy atom. The molecule has 0 saturated heterocycles. The molecule has 2 rings (SSSR count). The van der Waals surface area contributed by atoms with Crippen molar-refractivity contribution >= 4 is 27.1 Å². The molecule has 0 aliphatic carbocycles. The number of rotatable bonds is 7. The van der Waals surface area contributed by atoms with Gasteiger partial charge in [0.25, 0.3) is 5.69 Å². The summed E-state index contributed by atoms with van der Waals surface area (Å²) in [5.74, 6) is -0.950. The molecule has 0 bridgehead atoms. The SMILES string of the molecule is Cc1ccc(S(=O)(=O)CCC(=O)NNc2ccccc2[N+](=O)[O-])cc1. The van der Waals surface area contributed by atoms with Gasteiger partial charge in [0.15, 0.2) is 9.84 Å². The van der Waals surface area contributed by atoms with Crippen molar-refractivity contribution in [2.45, 2.75) is 18.2 Å². The second kappa shape index (κ2) is 7.75. The molecule has 0 spiro atoms. The van der Waals surface area contributed by atoms with E-state index < -0.39 is 20.7 Å². The molecular formula is C16H17N3O5S. The molecule has 0 fully saturated rings. The Morgan fingerprint density at radius 1 is 1.12 bits per heavy atom. The third-order valence-corrected chi connectivity index (χ3v) is 5.15. The van der Waals surface area contributed by atoms with Crippen LogP contribution in [0.15, 0.2) is 53.4 Å². The number of hydrogen-bond donors (Lipinski definition) is 2. The lowest BCUT2D eigenvalue weighted by atomic mass is 10.2. The first-order valence-corrected chi connectivity index (χ1v) is 9.02. The molecule has 0 atom stereocenters. The molecule has 0 aromatic heterocycles. The molecule has 0 aliphatic heterocycles. The summed E-state index contributed by atoms with van der Waals surface area (Å²) >= 11 is 0. The average Bonchev–Trinajstić information content (AvgIpc) is 2.59. The summed E-state index contributed by atoms with van der Waals surface area (Å²) in [5, 5.41) is 10.9. The number of anilines is 1. The molecule has 8 nitrogen and oxygen atoms in total. The summed E-state index contributed by atoms with van der Waals surface area (Å²) in [6.07, 6.45) is -0.274. The van der Waals surface area contributed by atoms with Crippen molar-refractivity contribution in [1.82, 2.24) is 5.43 Å². The highest BCUT2D eigenvalue weighted by Gasteiger charge is 2.17. The summed E-state index contributed by atoms with van der Waals surface area (Å²) in [7, 11) is -3.57. The quantitative estimate of drug-likeness (QED) is 0.575. The molecule has 0 aliphatic rings. The number of aryl methyl sites for hydroxylation is 1. The van der Waals surface area contributed by atoms with E-state index in [0.29, 0.717) is 0 Å². The summed E-state index contributed by atoms with van der Waals surface area (Å²) in [6, 6.07) is 12.1. The average molecular weight is 363 g/mol. The van der Waals surface area contributed by atoms with Crippen molar-refractivity contribution in [3.05, 3.63) is 64.2 Å². The zero-order valence-corrected chi connectivity index (χ0v) is 14.2. The number of nitro groups is 1. The molecule has 2 aromatic rings. The van der Waals surface area contributed by atoms with Crippen LogP contribution in [0, 0.1) is 17.0 Å². The molecule has 25 heavy (non-hydrogen) atoms. The van der Waals surface area contributed by atoms with E-state index in [9.17, 15) is 23.3 Å². The first-order chi connectivity index (χ1) is 11.8. The van der Waals surface area contributed by atoms with Crippen molar-refractivity contribution in [3.63, 3.8) is 0 Å². The number of hydrazine groups is 1. The number of amides is 1. The zero-order valence-electron chi connectivity index (χ0n) is 13.4. The Morgan fingerprint density at radius 2 is 1.76 bits per heavy atom. The van der Waals surface area contributed by atoms with Crippen molar-refractivity contribution < 1.29 is 18.1 Å². The number of nitrogens with zero attached hydrogens (tertiary/aromatic N) is 1. The number of sulfone groups is 1. The van der Waals surface area contributed by atoms with Gasteiger partial charge < -0.3 is 0 Å². The van der Waals surface area contributed by atoms with Crippen LogP contribution in [0.25, 0.3) is 0 Å². The largest absolute Gasteiger partial charge is 0.294 e. The van der Waals surface area contributed by atoms with Crippen LogP contribution in [0.1, 0.15) is 12.0 Å². The molecule has 2 N–H and O–H groups in total. The van der Waals surface area contributed by atoms with E-state index in [2.05, 4.69) is 10.9 Å². The minimum absolute atomic E-state index is 0.113. The number of carbonyl (C=O) groups excluding carboxylic acids is 1. The molecular weight excluding hydrogens is 346 g/mol. The van der Waals surface area contributed by atoms with Gasteiger partial charge in [0.1, 0.15) is 5.69 Å². The van der Waals surface area contributed by atoms with Crippen LogP contribution in [-0.4, -0.2) is 25.0 Å². The van der Waals surface area contributed by atoms with Crippen LogP contribution in [0.5, 0.6) is 0 Å². The van der Waals surface area contributed by atoms with E-state index >= 15 is 0 Å². The number of nitro benzene ring substituents is 1. The van der Waals surface area contributed by atoms with Gasteiger partial charge in [-0.25, -0.2) is 8.42 Å². The van der Waals surface area contributed by atoms with E-state index in [1.165, 1.54) is 30.3 Å². The molecule has 1 amide bonds. The highest BCUT2D eigenvalue weighted by molar-refractivity contribution is 7.91. The van der Waals surface area contributed by atoms with Gasteiger partial charge >= 0.3 is 0 Å². The van der Waals surface area contributed by atoms with E-state index in [-0.39, 0.29) is 28.4 Å². The molecule has 0 unspecified atom stereocenters. The number of hydrogen-bond acceptors (Lipinski definition) is 6. The number of carbonyl (C=O) groups is 1. The zero-order chi connectivity index (χ0) is 18.4. The fraction of sp³-hybridized carbons (Fsp3) is 0.188. The van der Waals surface area contributed by atoms with Crippen LogP contribution in [0.4, 0.5) is 11.4 Å². The molecule has 2 aromatic carbocycles.